The third-order valence-corrected chi connectivity index (χ3v) is 4.99. The van der Waals surface area contributed by atoms with Crippen molar-refractivity contribution in [2.75, 3.05) is 18.0 Å². The van der Waals surface area contributed by atoms with Gasteiger partial charge in [-0.15, -0.1) is 0 Å². The van der Waals surface area contributed by atoms with Crippen LogP contribution in [0.25, 0.3) is 0 Å². The zero-order valence-corrected chi connectivity index (χ0v) is 17.1. The van der Waals surface area contributed by atoms with Crippen molar-refractivity contribution < 1.29 is 24.0 Å². The van der Waals surface area contributed by atoms with Crippen LogP contribution in [-0.4, -0.2) is 41.9 Å². The molecule has 1 heterocycles. The number of nitrogens with one attached hydrogen (secondary N) is 1. The lowest BCUT2D eigenvalue weighted by Gasteiger charge is -2.31. The van der Waals surface area contributed by atoms with Gasteiger partial charge in [-0.25, -0.2) is 0 Å². The molecule has 2 aromatic rings. The number of fused-ring (bicyclic) bond motifs is 1. The highest BCUT2D eigenvalue weighted by molar-refractivity contribution is 5.98. The van der Waals surface area contributed by atoms with E-state index < -0.39 is 22.9 Å². The number of esters is 1. The number of nitro benzene ring substituents is 1. The molecule has 2 aromatic carbocycles. The molecular weight excluding hydrogens is 402 g/mol. The minimum atomic E-state index is -0.941. The van der Waals surface area contributed by atoms with Gasteiger partial charge in [0.1, 0.15) is 0 Å². The predicted octanol–water partition coefficient (Wildman–Crippen LogP) is 2.63. The van der Waals surface area contributed by atoms with E-state index in [0.29, 0.717) is 6.54 Å². The Labute approximate surface area is 179 Å². The van der Waals surface area contributed by atoms with Crippen LogP contribution in [0.4, 0.5) is 11.4 Å². The van der Waals surface area contributed by atoms with Crippen LogP contribution in [0, 0.1) is 10.1 Å². The number of non-ortho nitro benzene ring substituents is 1. The number of anilines is 1. The molecule has 0 fully saturated rings. The maximum absolute atomic E-state index is 12.8. The number of aryl methyl sites for hydroxylation is 1. The van der Waals surface area contributed by atoms with Crippen LogP contribution >= 0.6 is 0 Å². The number of carbonyl (C=O) groups excluding carboxylic acids is 3. The molecule has 31 heavy (non-hydrogen) atoms. The van der Waals surface area contributed by atoms with Crippen molar-refractivity contribution in [3.05, 3.63) is 69.8 Å². The smallest absolute Gasteiger partial charge is 0.308 e. The number of ether oxygens (including phenoxy) is 1. The summed E-state index contributed by atoms with van der Waals surface area (Å²) in [5, 5.41) is 13.2. The van der Waals surface area contributed by atoms with Crippen molar-refractivity contribution in [2.45, 2.75) is 32.3 Å². The lowest BCUT2D eigenvalue weighted by Crippen LogP contribution is -2.43. The van der Waals surface area contributed by atoms with Crippen LogP contribution in [-0.2, 0) is 20.7 Å². The second kappa shape index (κ2) is 9.84. The molecule has 1 aliphatic heterocycles. The van der Waals surface area contributed by atoms with Crippen LogP contribution in [0.3, 0.4) is 0 Å². The van der Waals surface area contributed by atoms with Crippen LogP contribution < -0.4 is 10.2 Å². The molecule has 0 aromatic heterocycles. The van der Waals surface area contributed by atoms with Crippen molar-refractivity contribution in [1.29, 1.82) is 0 Å². The summed E-state index contributed by atoms with van der Waals surface area (Å²) in [7, 11) is 0. The molecule has 1 atom stereocenters. The molecule has 2 amide bonds. The number of amides is 2. The predicted molar refractivity (Wildman–Crippen MR) is 113 cm³/mol. The van der Waals surface area contributed by atoms with Gasteiger partial charge in [0, 0.05) is 36.5 Å². The molecule has 1 aliphatic rings. The molecule has 0 saturated carbocycles. The van der Waals surface area contributed by atoms with Gasteiger partial charge < -0.3 is 15.0 Å². The summed E-state index contributed by atoms with van der Waals surface area (Å²) in [5.41, 5.74) is 2.06. The van der Waals surface area contributed by atoms with Crippen molar-refractivity contribution in [3.8, 4) is 0 Å². The Morgan fingerprint density at radius 1 is 1.16 bits per heavy atom. The van der Waals surface area contributed by atoms with Gasteiger partial charge in [0.25, 0.3) is 17.5 Å². The van der Waals surface area contributed by atoms with Gasteiger partial charge in [0.15, 0.2) is 6.10 Å². The molecular formula is C22H23N3O6. The molecule has 9 heteroatoms. The first-order valence-electron chi connectivity index (χ1n) is 9.98. The largest absolute Gasteiger partial charge is 0.452 e. The number of hydrogen-bond donors (Lipinski definition) is 1. The quantitative estimate of drug-likeness (QED) is 0.414. The molecule has 3 rings (SSSR count). The third kappa shape index (κ3) is 5.44. The molecule has 0 bridgehead atoms. The van der Waals surface area contributed by atoms with E-state index in [9.17, 15) is 24.5 Å². The number of nitro groups is 1. The summed E-state index contributed by atoms with van der Waals surface area (Å²) in [6.07, 6.45) is 0.706. The number of rotatable bonds is 7. The van der Waals surface area contributed by atoms with E-state index in [1.807, 2.05) is 24.3 Å². The van der Waals surface area contributed by atoms with E-state index in [1.165, 1.54) is 31.2 Å². The molecule has 0 aliphatic carbocycles. The van der Waals surface area contributed by atoms with Crippen LogP contribution in [0.15, 0.2) is 48.5 Å². The lowest BCUT2D eigenvalue weighted by atomic mass is 10.0. The maximum Gasteiger partial charge on any atom is 0.308 e. The van der Waals surface area contributed by atoms with Crippen molar-refractivity contribution in [1.82, 2.24) is 5.32 Å². The van der Waals surface area contributed by atoms with E-state index in [4.69, 9.17) is 4.74 Å². The van der Waals surface area contributed by atoms with Crippen LogP contribution in [0.5, 0.6) is 0 Å². The Morgan fingerprint density at radius 2 is 1.87 bits per heavy atom. The SMILES string of the molecule is CC(OC(=O)CCNC(=O)c1ccc([N+](=O)[O-])cc1)C(=O)N1CCCc2ccccc21. The lowest BCUT2D eigenvalue weighted by molar-refractivity contribution is -0.384. The van der Waals surface area contributed by atoms with Crippen LogP contribution in [0.1, 0.15) is 35.7 Å². The average Bonchev–Trinajstić information content (AvgIpc) is 2.78. The number of nitrogens with zero attached hydrogens (tertiary/aromatic N) is 2. The maximum atomic E-state index is 12.8. The fourth-order valence-electron chi connectivity index (χ4n) is 3.40. The molecule has 1 unspecified atom stereocenters. The summed E-state index contributed by atoms with van der Waals surface area (Å²) in [6, 6.07) is 12.8. The van der Waals surface area contributed by atoms with Crippen LogP contribution in [0.2, 0.25) is 0 Å². The molecule has 0 spiro atoms. The molecule has 9 nitrogen and oxygen atoms in total. The van der Waals surface area contributed by atoms with Gasteiger partial charge in [0.05, 0.1) is 11.3 Å². The van der Waals surface area contributed by atoms with E-state index in [0.717, 1.165) is 24.1 Å². The zero-order chi connectivity index (χ0) is 22.4. The highest BCUT2D eigenvalue weighted by Gasteiger charge is 2.28. The van der Waals surface area contributed by atoms with Gasteiger partial charge in [-0.1, -0.05) is 18.2 Å². The normalized spacial score (nSPS) is 13.6. The Bertz CT molecular complexity index is 989. The van der Waals surface area contributed by atoms with E-state index in [2.05, 4.69) is 5.32 Å². The van der Waals surface area contributed by atoms with E-state index in [-0.39, 0.29) is 30.1 Å². The van der Waals surface area contributed by atoms with Crippen molar-refractivity contribution in [2.24, 2.45) is 0 Å². The van der Waals surface area contributed by atoms with Crippen molar-refractivity contribution >= 4 is 29.2 Å². The number of carbonyl (C=O) groups is 3. The molecule has 0 saturated heterocycles. The molecule has 1 N–H and O–H groups in total. The van der Waals surface area contributed by atoms with Gasteiger partial charge in [-0.3, -0.25) is 24.5 Å². The van der Waals surface area contributed by atoms with E-state index >= 15 is 0 Å². The van der Waals surface area contributed by atoms with Gasteiger partial charge in [-0.2, -0.15) is 0 Å². The summed E-state index contributed by atoms with van der Waals surface area (Å²) in [6.45, 7) is 2.12. The molecule has 162 valence electrons. The highest BCUT2D eigenvalue weighted by Crippen LogP contribution is 2.27. The monoisotopic (exact) mass is 425 g/mol. The highest BCUT2D eigenvalue weighted by atomic mass is 16.6. The van der Waals surface area contributed by atoms with Gasteiger partial charge in [0.2, 0.25) is 0 Å². The number of hydrogen-bond acceptors (Lipinski definition) is 6. The summed E-state index contributed by atoms with van der Waals surface area (Å²) in [4.78, 5) is 48.7. The third-order valence-electron chi connectivity index (χ3n) is 4.99. The Kier molecular flexibility index (Phi) is 6.96. The minimum absolute atomic E-state index is 0.0160. The first-order chi connectivity index (χ1) is 14.9. The first-order valence-corrected chi connectivity index (χ1v) is 9.98. The second-order valence-electron chi connectivity index (χ2n) is 7.16. The summed E-state index contributed by atoms with van der Waals surface area (Å²) < 4.78 is 5.25. The minimum Gasteiger partial charge on any atom is -0.452 e. The van der Waals surface area contributed by atoms with E-state index in [1.54, 1.807) is 4.90 Å². The van der Waals surface area contributed by atoms with Crippen molar-refractivity contribution in [3.63, 3.8) is 0 Å². The second-order valence-corrected chi connectivity index (χ2v) is 7.16. The van der Waals surface area contributed by atoms with Gasteiger partial charge in [-0.05, 0) is 43.5 Å². The summed E-state index contributed by atoms with van der Waals surface area (Å²) >= 11 is 0. The Morgan fingerprint density at radius 3 is 2.58 bits per heavy atom. The number of benzene rings is 2. The summed E-state index contributed by atoms with van der Waals surface area (Å²) in [5.74, 6) is -1.35. The average molecular weight is 425 g/mol. The van der Waals surface area contributed by atoms with Gasteiger partial charge >= 0.3 is 5.97 Å². The zero-order valence-electron chi connectivity index (χ0n) is 17.1. The fraction of sp³-hybridized carbons (Fsp3) is 0.318. The Balaban J connectivity index is 1.47. The molecule has 0 radical (unpaired) electrons. The number of para-hydroxylation sites is 1. The first kappa shape index (κ1) is 21.9. The Hall–Kier alpha value is -3.75. The fourth-order valence-corrected chi connectivity index (χ4v) is 3.40. The standard InChI is InChI=1S/C22H23N3O6/c1-15(22(28)24-14-4-6-16-5-2-3-7-19(16)24)31-20(26)12-13-23-21(27)17-8-10-18(11-9-17)25(29)30/h2-3,5,7-11,15H,4,6,12-14H2,1H3,(H,23,27). The topological polar surface area (TPSA) is 119 Å².